The fourth-order valence-electron chi connectivity index (χ4n) is 2.60. The van der Waals surface area contributed by atoms with Gasteiger partial charge < -0.3 is 20.1 Å². The van der Waals surface area contributed by atoms with E-state index >= 15 is 0 Å². The maximum Gasteiger partial charge on any atom is 0.252 e. The van der Waals surface area contributed by atoms with E-state index in [2.05, 4.69) is 22.4 Å². The van der Waals surface area contributed by atoms with Crippen molar-refractivity contribution < 1.29 is 9.84 Å². The molecule has 0 aliphatic heterocycles. The highest BCUT2D eigenvalue weighted by Gasteiger charge is 2.08. The topological polar surface area (TPSA) is 74.4 Å². The first-order chi connectivity index (χ1) is 10.9. The molecule has 5 heteroatoms. The zero-order chi connectivity index (χ0) is 17.0. The Morgan fingerprint density at radius 1 is 1.26 bits per heavy atom. The van der Waals surface area contributed by atoms with E-state index in [4.69, 9.17) is 4.74 Å². The summed E-state index contributed by atoms with van der Waals surface area (Å²) in [7, 11) is 0. The van der Waals surface area contributed by atoms with Gasteiger partial charge in [-0.2, -0.15) is 0 Å². The summed E-state index contributed by atoms with van der Waals surface area (Å²) in [6.07, 6.45) is -0.485. The summed E-state index contributed by atoms with van der Waals surface area (Å²) in [6.45, 7) is 8.98. The monoisotopic (exact) mass is 318 g/mol. The molecule has 0 spiro atoms. The summed E-state index contributed by atoms with van der Waals surface area (Å²) in [5.41, 5.74) is 3.69. The number of ether oxygens (including phenoxy) is 1. The molecule has 0 amide bonds. The number of aromatic nitrogens is 1. The van der Waals surface area contributed by atoms with Crippen molar-refractivity contribution in [2.75, 3.05) is 13.2 Å². The number of aliphatic hydroxyl groups is 1. The summed E-state index contributed by atoms with van der Waals surface area (Å²) in [6, 6.07) is 6.03. The Hall–Kier alpha value is -1.69. The molecule has 0 aliphatic rings. The number of hydrogen-bond acceptors (Lipinski definition) is 4. The number of aromatic amines is 1. The van der Waals surface area contributed by atoms with Crippen molar-refractivity contribution in [1.82, 2.24) is 10.3 Å². The number of nitrogens with one attached hydrogen (secondary N) is 2. The van der Waals surface area contributed by atoms with Gasteiger partial charge in [-0.05, 0) is 50.8 Å². The summed E-state index contributed by atoms with van der Waals surface area (Å²) in [5, 5.41) is 14.0. The van der Waals surface area contributed by atoms with Gasteiger partial charge in [-0.25, -0.2) is 0 Å². The van der Waals surface area contributed by atoms with Gasteiger partial charge in [-0.3, -0.25) is 4.79 Å². The lowest BCUT2D eigenvalue weighted by atomic mass is 10.1. The summed E-state index contributed by atoms with van der Waals surface area (Å²) in [4.78, 5) is 15.1. The molecule has 2 rings (SSSR count). The zero-order valence-corrected chi connectivity index (χ0v) is 14.3. The number of benzene rings is 1. The second-order valence-corrected chi connectivity index (χ2v) is 6.34. The standard InChI is InChI=1S/C18H26N2O3/c1-11(2)23-10-16(21)9-19-8-15-7-14-6-12(3)5-13(4)17(14)20-18(15)22/h5-7,11,16,19,21H,8-10H2,1-4H3,(H,20,22). The number of rotatable bonds is 7. The summed E-state index contributed by atoms with van der Waals surface area (Å²) in [5.74, 6) is 0. The molecule has 1 aromatic carbocycles. The van der Waals surface area contributed by atoms with Gasteiger partial charge >= 0.3 is 0 Å². The van der Waals surface area contributed by atoms with Crippen molar-refractivity contribution in [3.05, 3.63) is 45.2 Å². The molecule has 5 nitrogen and oxygen atoms in total. The normalized spacial score (nSPS) is 13.0. The summed E-state index contributed by atoms with van der Waals surface area (Å²) >= 11 is 0. The van der Waals surface area contributed by atoms with Crippen LogP contribution in [0.1, 0.15) is 30.5 Å². The third-order valence-electron chi connectivity index (χ3n) is 3.69. The van der Waals surface area contributed by atoms with E-state index in [1.54, 1.807) is 0 Å². The van der Waals surface area contributed by atoms with Gasteiger partial charge in [0.2, 0.25) is 0 Å². The Balaban J connectivity index is 2.03. The van der Waals surface area contributed by atoms with Crippen molar-refractivity contribution in [3.63, 3.8) is 0 Å². The molecule has 126 valence electrons. The van der Waals surface area contributed by atoms with Gasteiger partial charge in [0.15, 0.2) is 0 Å². The molecule has 0 saturated heterocycles. The Morgan fingerprint density at radius 2 is 2.00 bits per heavy atom. The third-order valence-corrected chi connectivity index (χ3v) is 3.69. The highest BCUT2D eigenvalue weighted by Crippen LogP contribution is 2.17. The number of fused-ring (bicyclic) bond motifs is 1. The van der Waals surface area contributed by atoms with Crippen LogP contribution in [0.15, 0.2) is 23.0 Å². The van der Waals surface area contributed by atoms with Crippen LogP contribution in [0.25, 0.3) is 10.9 Å². The van der Waals surface area contributed by atoms with E-state index in [-0.39, 0.29) is 18.3 Å². The Bertz CT molecular complexity index is 722. The fraction of sp³-hybridized carbons (Fsp3) is 0.500. The molecular weight excluding hydrogens is 292 g/mol. The van der Waals surface area contributed by atoms with Crippen LogP contribution < -0.4 is 10.9 Å². The molecule has 2 aromatic rings. The lowest BCUT2D eigenvalue weighted by Crippen LogP contribution is -2.32. The van der Waals surface area contributed by atoms with E-state index in [0.29, 0.717) is 18.7 Å². The van der Waals surface area contributed by atoms with Crippen LogP contribution in [0.2, 0.25) is 0 Å². The molecule has 1 atom stereocenters. The minimum Gasteiger partial charge on any atom is -0.389 e. The van der Waals surface area contributed by atoms with Gasteiger partial charge in [0, 0.05) is 18.7 Å². The highest BCUT2D eigenvalue weighted by atomic mass is 16.5. The van der Waals surface area contributed by atoms with Gasteiger partial charge in [0.1, 0.15) is 0 Å². The molecule has 0 saturated carbocycles. The molecule has 3 N–H and O–H groups in total. The SMILES string of the molecule is Cc1cc(C)c2[nH]c(=O)c(CNCC(O)COC(C)C)cc2c1. The van der Waals surface area contributed by atoms with Crippen LogP contribution in [0.5, 0.6) is 0 Å². The predicted molar refractivity (Wildman–Crippen MR) is 92.8 cm³/mol. The molecular formula is C18H26N2O3. The minimum atomic E-state index is -0.582. The molecule has 0 radical (unpaired) electrons. The average molecular weight is 318 g/mol. The lowest BCUT2D eigenvalue weighted by molar-refractivity contribution is 0.00629. The van der Waals surface area contributed by atoms with Crippen LogP contribution in [-0.2, 0) is 11.3 Å². The van der Waals surface area contributed by atoms with Crippen LogP contribution in [0.3, 0.4) is 0 Å². The first kappa shape index (κ1) is 17.7. The first-order valence-electron chi connectivity index (χ1n) is 8.00. The van der Waals surface area contributed by atoms with E-state index in [9.17, 15) is 9.90 Å². The first-order valence-corrected chi connectivity index (χ1v) is 8.00. The largest absolute Gasteiger partial charge is 0.389 e. The molecule has 1 aromatic heterocycles. The highest BCUT2D eigenvalue weighted by molar-refractivity contribution is 5.82. The van der Waals surface area contributed by atoms with Crippen LogP contribution in [0, 0.1) is 13.8 Å². The second kappa shape index (κ2) is 7.73. The number of hydrogen-bond donors (Lipinski definition) is 3. The molecule has 23 heavy (non-hydrogen) atoms. The number of aliphatic hydroxyl groups excluding tert-OH is 1. The van der Waals surface area contributed by atoms with E-state index in [0.717, 1.165) is 16.5 Å². The zero-order valence-electron chi connectivity index (χ0n) is 14.3. The molecule has 1 heterocycles. The van der Waals surface area contributed by atoms with Gasteiger partial charge in [-0.15, -0.1) is 0 Å². The van der Waals surface area contributed by atoms with Crippen molar-refractivity contribution in [2.45, 2.75) is 46.4 Å². The number of pyridine rings is 1. The average Bonchev–Trinajstić information content (AvgIpc) is 2.46. The smallest absolute Gasteiger partial charge is 0.252 e. The minimum absolute atomic E-state index is 0.0927. The van der Waals surface area contributed by atoms with Gasteiger partial charge in [0.05, 0.1) is 24.3 Å². The molecule has 0 fully saturated rings. The van der Waals surface area contributed by atoms with Crippen molar-refractivity contribution in [3.8, 4) is 0 Å². The van der Waals surface area contributed by atoms with E-state index in [1.807, 2.05) is 33.8 Å². The predicted octanol–water partition coefficient (Wildman–Crippen LogP) is 2.02. The molecule has 1 unspecified atom stereocenters. The maximum atomic E-state index is 12.2. The third kappa shape index (κ3) is 4.89. The van der Waals surface area contributed by atoms with Gasteiger partial charge in [-0.1, -0.05) is 11.6 Å². The second-order valence-electron chi connectivity index (χ2n) is 6.34. The lowest BCUT2D eigenvalue weighted by Gasteiger charge is -2.14. The van der Waals surface area contributed by atoms with Crippen molar-refractivity contribution in [2.24, 2.45) is 0 Å². The quantitative estimate of drug-likeness (QED) is 0.730. The molecule has 0 aliphatic carbocycles. The Kier molecular flexibility index (Phi) is 5.93. The maximum absolute atomic E-state index is 12.2. The van der Waals surface area contributed by atoms with Gasteiger partial charge in [0.25, 0.3) is 5.56 Å². The van der Waals surface area contributed by atoms with Crippen LogP contribution in [-0.4, -0.2) is 35.5 Å². The van der Waals surface area contributed by atoms with Crippen molar-refractivity contribution >= 4 is 10.9 Å². The Labute approximate surface area is 136 Å². The molecule has 0 bridgehead atoms. The summed E-state index contributed by atoms with van der Waals surface area (Å²) < 4.78 is 5.36. The fourth-order valence-corrected chi connectivity index (χ4v) is 2.60. The van der Waals surface area contributed by atoms with Crippen LogP contribution >= 0.6 is 0 Å². The van der Waals surface area contributed by atoms with E-state index in [1.165, 1.54) is 5.56 Å². The number of H-pyrrole nitrogens is 1. The Morgan fingerprint density at radius 3 is 2.70 bits per heavy atom. The van der Waals surface area contributed by atoms with Crippen molar-refractivity contribution in [1.29, 1.82) is 0 Å². The van der Waals surface area contributed by atoms with E-state index < -0.39 is 6.10 Å². The number of aryl methyl sites for hydroxylation is 2. The van der Waals surface area contributed by atoms with Crippen LogP contribution in [0.4, 0.5) is 0 Å².